The Morgan fingerprint density at radius 3 is 2.12 bits per heavy atom. The molecule has 0 aliphatic carbocycles. The number of carbonyl (C=O) groups excluding carboxylic acids is 3. The van der Waals surface area contributed by atoms with Crippen LogP contribution in [0, 0.1) is 27.7 Å². The Labute approximate surface area is 189 Å². The average Bonchev–Trinajstić information content (AvgIpc) is 2.77. The van der Waals surface area contributed by atoms with Gasteiger partial charge in [-0.2, -0.15) is 0 Å². The topological polar surface area (TPSA) is 81.8 Å². The predicted octanol–water partition coefficient (Wildman–Crippen LogP) is 2.43. The molecule has 0 aromatic heterocycles. The summed E-state index contributed by atoms with van der Waals surface area (Å²) >= 11 is 0. The van der Waals surface area contributed by atoms with Crippen LogP contribution in [0.25, 0.3) is 0 Å². The zero-order valence-electron chi connectivity index (χ0n) is 19.3. The highest BCUT2D eigenvalue weighted by atomic mass is 16.2. The Morgan fingerprint density at radius 2 is 1.50 bits per heavy atom. The third kappa shape index (κ3) is 5.95. The van der Waals surface area contributed by atoms with E-state index in [1.807, 2.05) is 62.9 Å². The van der Waals surface area contributed by atoms with Crippen molar-refractivity contribution in [2.24, 2.45) is 0 Å². The third-order valence-corrected chi connectivity index (χ3v) is 6.01. The summed E-state index contributed by atoms with van der Waals surface area (Å²) in [5.74, 6) is -0.409. The number of hydrogen-bond donors (Lipinski definition) is 2. The second-order valence-corrected chi connectivity index (χ2v) is 8.45. The van der Waals surface area contributed by atoms with Gasteiger partial charge in [0.25, 0.3) is 5.91 Å². The van der Waals surface area contributed by atoms with Crippen molar-refractivity contribution in [2.45, 2.75) is 27.7 Å². The predicted molar refractivity (Wildman–Crippen MR) is 126 cm³/mol. The van der Waals surface area contributed by atoms with Gasteiger partial charge in [0.05, 0.1) is 13.1 Å². The number of amides is 3. The first-order valence-electron chi connectivity index (χ1n) is 11.0. The highest BCUT2D eigenvalue weighted by Crippen LogP contribution is 2.19. The summed E-state index contributed by atoms with van der Waals surface area (Å²) in [6.45, 7) is 10.5. The van der Waals surface area contributed by atoms with Gasteiger partial charge in [0.15, 0.2) is 0 Å². The molecule has 1 saturated heterocycles. The number of aryl methyl sites for hydroxylation is 4. The maximum atomic E-state index is 12.5. The Hall–Kier alpha value is -3.19. The van der Waals surface area contributed by atoms with Crippen molar-refractivity contribution in [3.8, 4) is 0 Å². The number of hydrogen-bond acceptors (Lipinski definition) is 4. The van der Waals surface area contributed by atoms with Crippen molar-refractivity contribution >= 4 is 23.4 Å². The van der Waals surface area contributed by atoms with Crippen LogP contribution in [0.4, 0.5) is 5.69 Å². The molecule has 1 aliphatic rings. The minimum atomic E-state index is -0.247. The van der Waals surface area contributed by atoms with E-state index in [1.165, 1.54) is 0 Å². The van der Waals surface area contributed by atoms with Crippen LogP contribution in [-0.4, -0.2) is 66.8 Å². The minimum Gasteiger partial charge on any atom is -0.343 e. The number of para-hydroxylation sites is 1. The lowest BCUT2D eigenvalue weighted by atomic mass is 10.1. The van der Waals surface area contributed by atoms with Crippen LogP contribution < -0.4 is 10.6 Å². The molecule has 1 heterocycles. The number of anilines is 1. The van der Waals surface area contributed by atoms with Crippen LogP contribution in [0.15, 0.2) is 36.4 Å². The second kappa shape index (κ2) is 10.4. The summed E-state index contributed by atoms with van der Waals surface area (Å²) in [5, 5.41) is 5.72. The molecule has 0 unspecified atom stereocenters. The van der Waals surface area contributed by atoms with Gasteiger partial charge < -0.3 is 15.5 Å². The lowest BCUT2D eigenvalue weighted by Gasteiger charge is -2.34. The van der Waals surface area contributed by atoms with E-state index in [1.54, 1.807) is 11.0 Å². The molecule has 0 saturated carbocycles. The molecule has 0 radical (unpaired) electrons. The van der Waals surface area contributed by atoms with E-state index in [2.05, 4.69) is 10.6 Å². The summed E-state index contributed by atoms with van der Waals surface area (Å²) in [6, 6.07) is 11.4. The van der Waals surface area contributed by atoms with E-state index >= 15 is 0 Å². The van der Waals surface area contributed by atoms with Gasteiger partial charge in [-0.3, -0.25) is 19.3 Å². The second-order valence-electron chi connectivity index (χ2n) is 8.45. The molecule has 0 atom stereocenters. The molecule has 7 heteroatoms. The summed E-state index contributed by atoms with van der Waals surface area (Å²) in [5.41, 5.74) is 5.67. The van der Waals surface area contributed by atoms with Gasteiger partial charge in [0, 0.05) is 37.4 Å². The standard InChI is InChI=1S/C25H32N4O3/c1-17-8-9-21(14-20(17)4)25(32)26-15-23(31)29-12-10-28(11-13-29)16-22(30)27-24-18(2)6-5-7-19(24)3/h5-9,14H,10-13,15-16H2,1-4H3,(H,26,32)(H,27,30). The first-order valence-corrected chi connectivity index (χ1v) is 11.0. The number of rotatable bonds is 6. The van der Waals surface area contributed by atoms with Crippen LogP contribution >= 0.6 is 0 Å². The molecule has 170 valence electrons. The van der Waals surface area contributed by atoms with Crippen LogP contribution in [0.2, 0.25) is 0 Å². The van der Waals surface area contributed by atoms with Crippen molar-refractivity contribution in [1.82, 2.24) is 15.1 Å². The van der Waals surface area contributed by atoms with E-state index in [9.17, 15) is 14.4 Å². The van der Waals surface area contributed by atoms with Crippen LogP contribution in [-0.2, 0) is 9.59 Å². The van der Waals surface area contributed by atoms with Crippen molar-refractivity contribution in [3.05, 3.63) is 64.2 Å². The molecule has 1 aliphatic heterocycles. The molecule has 32 heavy (non-hydrogen) atoms. The highest BCUT2D eigenvalue weighted by molar-refractivity contribution is 5.96. The number of nitrogens with one attached hydrogen (secondary N) is 2. The lowest BCUT2D eigenvalue weighted by Crippen LogP contribution is -2.52. The quantitative estimate of drug-likeness (QED) is 0.729. The van der Waals surface area contributed by atoms with E-state index in [0.29, 0.717) is 38.3 Å². The SMILES string of the molecule is Cc1ccc(C(=O)NCC(=O)N2CCN(CC(=O)Nc3c(C)cccc3C)CC2)cc1C. The fourth-order valence-corrected chi connectivity index (χ4v) is 3.80. The average molecular weight is 437 g/mol. The Kier molecular flexibility index (Phi) is 7.64. The van der Waals surface area contributed by atoms with Gasteiger partial charge in [0.2, 0.25) is 11.8 Å². The first kappa shape index (κ1) is 23.5. The summed E-state index contributed by atoms with van der Waals surface area (Å²) in [7, 11) is 0. The normalized spacial score (nSPS) is 14.2. The molecule has 7 nitrogen and oxygen atoms in total. The van der Waals surface area contributed by atoms with Gasteiger partial charge in [-0.15, -0.1) is 0 Å². The molecule has 3 rings (SSSR count). The number of piperazine rings is 1. The van der Waals surface area contributed by atoms with Crippen molar-refractivity contribution in [2.75, 3.05) is 44.6 Å². The zero-order valence-corrected chi connectivity index (χ0v) is 19.3. The van der Waals surface area contributed by atoms with Crippen LogP contribution in [0.5, 0.6) is 0 Å². The van der Waals surface area contributed by atoms with E-state index < -0.39 is 0 Å². The number of nitrogens with zero attached hydrogens (tertiary/aromatic N) is 2. The van der Waals surface area contributed by atoms with Crippen molar-refractivity contribution < 1.29 is 14.4 Å². The molecular formula is C25H32N4O3. The molecule has 0 spiro atoms. The first-order chi connectivity index (χ1) is 15.2. The van der Waals surface area contributed by atoms with Gasteiger partial charge in [0.1, 0.15) is 0 Å². The molecular weight excluding hydrogens is 404 g/mol. The maximum Gasteiger partial charge on any atom is 0.251 e. The number of benzene rings is 2. The summed E-state index contributed by atoms with van der Waals surface area (Å²) < 4.78 is 0. The molecule has 2 N–H and O–H groups in total. The Balaban J connectivity index is 1.42. The van der Waals surface area contributed by atoms with Gasteiger partial charge in [-0.25, -0.2) is 0 Å². The van der Waals surface area contributed by atoms with E-state index in [4.69, 9.17) is 0 Å². The molecule has 2 aromatic carbocycles. The Bertz CT molecular complexity index is 990. The van der Waals surface area contributed by atoms with Crippen molar-refractivity contribution in [1.29, 1.82) is 0 Å². The highest BCUT2D eigenvalue weighted by Gasteiger charge is 2.23. The maximum absolute atomic E-state index is 12.5. The minimum absolute atomic E-state index is 0.0290. The number of carbonyl (C=O) groups is 3. The molecule has 0 bridgehead atoms. The molecule has 3 amide bonds. The Morgan fingerprint density at radius 1 is 0.844 bits per heavy atom. The van der Waals surface area contributed by atoms with Crippen LogP contribution in [0.1, 0.15) is 32.6 Å². The van der Waals surface area contributed by atoms with Gasteiger partial charge >= 0.3 is 0 Å². The van der Waals surface area contributed by atoms with E-state index in [-0.39, 0.29) is 24.3 Å². The lowest BCUT2D eigenvalue weighted by molar-refractivity contribution is -0.132. The fourth-order valence-electron chi connectivity index (χ4n) is 3.80. The van der Waals surface area contributed by atoms with Gasteiger partial charge in [-0.1, -0.05) is 24.3 Å². The molecule has 1 fully saturated rings. The summed E-state index contributed by atoms with van der Waals surface area (Å²) in [6.07, 6.45) is 0. The van der Waals surface area contributed by atoms with E-state index in [0.717, 1.165) is 27.9 Å². The summed E-state index contributed by atoms with van der Waals surface area (Å²) in [4.78, 5) is 41.1. The molecule has 2 aromatic rings. The monoisotopic (exact) mass is 436 g/mol. The zero-order chi connectivity index (χ0) is 23.3. The smallest absolute Gasteiger partial charge is 0.251 e. The fraction of sp³-hybridized carbons (Fsp3) is 0.400. The van der Waals surface area contributed by atoms with Gasteiger partial charge in [-0.05, 0) is 62.1 Å². The third-order valence-electron chi connectivity index (χ3n) is 6.01. The van der Waals surface area contributed by atoms with Crippen LogP contribution in [0.3, 0.4) is 0 Å². The largest absolute Gasteiger partial charge is 0.343 e. The van der Waals surface area contributed by atoms with Crippen molar-refractivity contribution in [3.63, 3.8) is 0 Å².